The first kappa shape index (κ1) is 23.3. The third kappa shape index (κ3) is 4.75. The fraction of sp³-hybridized carbons (Fsp3) is 0.364. The lowest BCUT2D eigenvalue weighted by atomic mass is 10.1. The highest BCUT2D eigenvalue weighted by Crippen LogP contribution is 2.41. The maximum absolute atomic E-state index is 12.6. The van der Waals surface area contributed by atoms with E-state index >= 15 is 0 Å². The van der Waals surface area contributed by atoms with Crippen LogP contribution in [0.3, 0.4) is 0 Å². The maximum Gasteiger partial charge on any atom is 0.410 e. The Labute approximate surface area is 190 Å². The number of methoxy groups -OCH3 is 3. The maximum atomic E-state index is 12.6. The highest BCUT2D eigenvalue weighted by Gasteiger charge is 2.27. The van der Waals surface area contributed by atoms with Gasteiger partial charge in [0.15, 0.2) is 11.5 Å². The third-order valence-electron chi connectivity index (χ3n) is 5.01. The number of nitrogens with two attached hydrogens (primary N) is 1. The van der Waals surface area contributed by atoms with E-state index in [-0.39, 0.29) is 12.0 Å². The first-order valence-electron chi connectivity index (χ1n) is 10.0. The van der Waals surface area contributed by atoms with Crippen LogP contribution >= 0.6 is 11.3 Å². The molecule has 2 amide bonds. The van der Waals surface area contributed by atoms with Gasteiger partial charge in [0.1, 0.15) is 5.00 Å². The van der Waals surface area contributed by atoms with Crippen LogP contribution in [0.25, 0.3) is 6.08 Å². The summed E-state index contributed by atoms with van der Waals surface area (Å²) < 4.78 is 21.2. The number of hydrogen-bond donors (Lipinski definition) is 2. The summed E-state index contributed by atoms with van der Waals surface area (Å²) in [6.07, 6.45) is 3.29. The smallest absolute Gasteiger partial charge is 0.410 e. The van der Waals surface area contributed by atoms with Crippen LogP contribution in [0.4, 0.5) is 15.5 Å². The van der Waals surface area contributed by atoms with E-state index in [4.69, 9.17) is 24.7 Å². The first-order chi connectivity index (χ1) is 15.4. The molecule has 0 saturated heterocycles. The predicted molar refractivity (Wildman–Crippen MR) is 124 cm³/mol. The standard InChI is InChI=1S/C22H27N3O6S/c1-5-31-22(27)25-11-10-14-16(12-25)32-21(18(14)23)24-17(26)9-7-13-6-8-15(28-2)20(30-4)19(13)29-3/h6-9H,5,10-12,23H2,1-4H3,(H,24,26)/b9-7+. The minimum Gasteiger partial charge on any atom is -0.493 e. The van der Waals surface area contributed by atoms with Gasteiger partial charge in [-0.2, -0.15) is 0 Å². The summed E-state index contributed by atoms with van der Waals surface area (Å²) in [5.41, 5.74) is 8.43. The summed E-state index contributed by atoms with van der Waals surface area (Å²) in [6, 6.07) is 3.51. The van der Waals surface area contributed by atoms with Crippen LogP contribution in [0.5, 0.6) is 17.2 Å². The Bertz CT molecular complexity index is 1030. The van der Waals surface area contributed by atoms with Crippen molar-refractivity contribution in [2.24, 2.45) is 0 Å². The number of thiophene rings is 1. The molecule has 0 atom stereocenters. The number of carbonyl (C=O) groups excluding carboxylic acids is 2. The quantitative estimate of drug-likeness (QED) is 0.607. The molecule has 1 aromatic carbocycles. The number of nitrogen functional groups attached to an aromatic ring is 1. The summed E-state index contributed by atoms with van der Waals surface area (Å²) in [6.45, 7) is 3.04. The van der Waals surface area contributed by atoms with E-state index in [1.807, 2.05) is 0 Å². The summed E-state index contributed by atoms with van der Waals surface area (Å²) in [5, 5.41) is 3.40. The fourth-order valence-electron chi connectivity index (χ4n) is 3.47. The van der Waals surface area contributed by atoms with E-state index in [1.165, 1.54) is 38.7 Å². The molecule has 1 aliphatic heterocycles. The van der Waals surface area contributed by atoms with Crippen molar-refractivity contribution in [2.75, 3.05) is 45.5 Å². The molecule has 172 valence electrons. The van der Waals surface area contributed by atoms with Crippen molar-refractivity contribution in [3.05, 3.63) is 34.2 Å². The molecule has 3 rings (SSSR count). The monoisotopic (exact) mass is 461 g/mol. The van der Waals surface area contributed by atoms with Crippen molar-refractivity contribution < 1.29 is 28.5 Å². The summed E-state index contributed by atoms with van der Waals surface area (Å²) in [7, 11) is 4.58. The number of fused-ring (bicyclic) bond motifs is 1. The van der Waals surface area contributed by atoms with Crippen LogP contribution in [0, 0.1) is 0 Å². The predicted octanol–water partition coefficient (Wildman–Crippen LogP) is 3.52. The van der Waals surface area contributed by atoms with E-state index in [0.717, 1.165) is 10.4 Å². The van der Waals surface area contributed by atoms with E-state index in [1.54, 1.807) is 30.0 Å². The average Bonchev–Trinajstić information content (AvgIpc) is 3.11. The molecule has 0 bridgehead atoms. The van der Waals surface area contributed by atoms with Gasteiger partial charge in [-0.15, -0.1) is 11.3 Å². The molecule has 0 aliphatic carbocycles. The van der Waals surface area contributed by atoms with Crippen molar-refractivity contribution in [1.29, 1.82) is 0 Å². The van der Waals surface area contributed by atoms with Crippen LogP contribution in [-0.4, -0.2) is 51.4 Å². The molecule has 2 aromatic rings. The fourth-order valence-corrected chi connectivity index (χ4v) is 4.65. The molecule has 0 spiro atoms. The zero-order valence-corrected chi connectivity index (χ0v) is 19.3. The van der Waals surface area contributed by atoms with E-state index in [9.17, 15) is 9.59 Å². The van der Waals surface area contributed by atoms with Crippen molar-refractivity contribution >= 4 is 40.1 Å². The molecule has 10 heteroatoms. The van der Waals surface area contributed by atoms with Gasteiger partial charge in [-0.05, 0) is 37.1 Å². The molecule has 0 saturated carbocycles. The number of rotatable bonds is 7. The highest BCUT2D eigenvalue weighted by molar-refractivity contribution is 7.17. The van der Waals surface area contributed by atoms with Gasteiger partial charge < -0.3 is 34.9 Å². The Hall–Kier alpha value is -3.40. The van der Waals surface area contributed by atoms with E-state index < -0.39 is 0 Å². The molecule has 9 nitrogen and oxygen atoms in total. The zero-order chi connectivity index (χ0) is 23.3. The molecule has 0 fully saturated rings. The van der Waals surface area contributed by atoms with Crippen molar-refractivity contribution in [2.45, 2.75) is 19.9 Å². The van der Waals surface area contributed by atoms with Crippen LogP contribution < -0.4 is 25.3 Å². The van der Waals surface area contributed by atoms with Gasteiger partial charge in [-0.25, -0.2) is 4.79 Å². The number of amides is 2. The summed E-state index contributed by atoms with van der Waals surface area (Å²) >= 11 is 1.37. The molecule has 3 N–H and O–H groups in total. The lowest BCUT2D eigenvalue weighted by molar-refractivity contribution is -0.111. The lowest BCUT2D eigenvalue weighted by Gasteiger charge is -2.26. The van der Waals surface area contributed by atoms with Gasteiger partial charge in [0.2, 0.25) is 11.7 Å². The largest absolute Gasteiger partial charge is 0.493 e. The molecule has 1 aromatic heterocycles. The second-order valence-corrected chi connectivity index (χ2v) is 7.97. The van der Waals surface area contributed by atoms with Crippen molar-refractivity contribution in [1.82, 2.24) is 4.90 Å². The van der Waals surface area contributed by atoms with Crippen LogP contribution in [0.2, 0.25) is 0 Å². The molecule has 32 heavy (non-hydrogen) atoms. The molecule has 1 aliphatic rings. The molecular formula is C22H27N3O6S. The first-order valence-corrected chi connectivity index (χ1v) is 10.8. The van der Waals surface area contributed by atoms with Gasteiger partial charge in [-0.3, -0.25) is 4.79 Å². The van der Waals surface area contributed by atoms with E-state index in [0.29, 0.717) is 59.6 Å². The summed E-state index contributed by atoms with van der Waals surface area (Å²) in [5.74, 6) is 1.09. The van der Waals surface area contributed by atoms with Crippen molar-refractivity contribution in [3.8, 4) is 17.2 Å². The Kier molecular flexibility index (Phi) is 7.47. The van der Waals surface area contributed by atoms with Gasteiger partial charge in [-0.1, -0.05) is 0 Å². The normalized spacial score (nSPS) is 12.9. The van der Waals surface area contributed by atoms with Crippen molar-refractivity contribution in [3.63, 3.8) is 0 Å². The molecule has 2 heterocycles. The highest BCUT2D eigenvalue weighted by atomic mass is 32.1. The summed E-state index contributed by atoms with van der Waals surface area (Å²) in [4.78, 5) is 27.1. The van der Waals surface area contributed by atoms with Crippen LogP contribution in [-0.2, 0) is 22.5 Å². The van der Waals surface area contributed by atoms with Gasteiger partial charge in [0.05, 0.1) is 40.2 Å². The minimum atomic E-state index is -0.345. The van der Waals surface area contributed by atoms with Gasteiger partial charge in [0, 0.05) is 23.1 Å². The lowest BCUT2D eigenvalue weighted by Crippen LogP contribution is -2.35. The second-order valence-electron chi connectivity index (χ2n) is 6.86. The third-order valence-corrected chi connectivity index (χ3v) is 6.16. The number of nitrogens with one attached hydrogen (secondary N) is 1. The number of benzene rings is 1. The Morgan fingerprint density at radius 1 is 1.19 bits per heavy atom. The second kappa shape index (κ2) is 10.3. The topological polar surface area (TPSA) is 112 Å². The Balaban J connectivity index is 1.74. The Morgan fingerprint density at radius 2 is 1.94 bits per heavy atom. The van der Waals surface area contributed by atoms with E-state index in [2.05, 4.69) is 5.32 Å². The average molecular weight is 462 g/mol. The number of hydrogen-bond acceptors (Lipinski definition) is 8. The van der Waals surface area contributed by atoms with Crippen LogP contribution in [0.15, 0.2) is 18.2 Å². The minimum absolute atomic E-state index is 0.327. The molecular weight excluding hydrogens is 434 g/mol. The molecule has 0 unspecified atom stereocenters. The zero-order valence-electron chi connectivity index (χ0n) is 18.5. The number of anilines is 2. The van der Waals surface area contributed by atoms with Gasteiger partial charge in [0.25, 0.3) is 0 Å². The number of carbonyl (C=O) groups is 2. The molecule has 0 radical (unpaired) electrons. The number of nitrogens with zero attached hydrogens (tertiary/aromatic N) is 1. The Morgan fingerprint density at radius 3 is 2.59 bits per heavy atom. The SMILES string of the molecule is CCOC(=O)N1CCc2c(sc(NC(=O)/C=C/c3ccc(OC)c(OC)c3OC)c2N)C1. The van der Waals surface area contributed by atoms with Crippen LogP contribution in [0.1, 0.15) is 22.9 Å². The number of ether oxygens (including phenoxy) is 4. The van der Waals surface area contributed by atoms with Gasteiger partial charge >= 0.3 is 6.09 Å².